The average molecular weight is 235 g/mol. The summed E-state index contributed by atoms with van der Waals surface area (Å²) in [5, 5.41) is 19.4. The molecule has 4 nitrogen and oxygen atoms in total. The topological polar surface area (TPSA) is 56.3 Å². The molecule has 1 aromatic rings. The summed E-state index contributed by atoms with van der Waals surface area (Å²) in [4.78, 5) is 0. The highest BCUT2D eigenvalue weighted by molar-refractivity contribution is 5.83. The van der Waals surface area contributed by atoms with Gasteiger partial charge in [0.1, 0.15) is 11.4 Å². The van der Waals surface area contributed by atoms with Crippen molar-refractivity contribution in [3.05, 3.63) is 23.8 Å². The molecule has 0 bridgehead atoms. The van der Waals surface area contributed by atoms with Crippen LogP contribution in [0.2, 0.25) is 0 Å². The third-order valence-corrected chi connectivity index (χ3v) is 2.67. The van der Waals surface area contributed by atoms with E-state index in [4.69, 9.17) is 0 Å². The van der Waals surface area contributed by atoms with Crippen LogP contribution in [0, 0.1) is 0 Å². The minimum Gasteiger partial charge on any atom is -0.505 e. The first-order valence-corrected chi connectivity index (χ1v) is 5.61. The maximum absolute atomic E-state index is 10.3. The molecule has 0 aliphatic rings. The maximum Gasteiger partial charge on any atom is 0.146 e. The Morgan fingerprint density at radius 3 is 2.18 bits per heavy atom. The fourth-order valence-electron chi connectivity index (χ4n) is 1.86. The molecule has 1 rings (SSSR count). The predicted molar refractivity (Wildman–Crippen MR) is 75.3 cm³/mol. The number of nitrogens with one attached hydrogen (secondary N) is 3. The highest BCUT2D eigenvalue weighted by Crippen LogP contribution is 2.40. The Hall–Kier alpha value is -1.84. The van der Waals surface area contributed by atoms with Crippen molar-refractivity contribution in [2.24, 2.45) is 0 Å². The number of rotatable bonds is 5. The van der Waals surface area contributed by atoms with Gasteiger partial charge in [0.2, 0.25) is 0 Å². The smallest absolute Gasteiger partial charge is 0.146 e. The molecule has 1 aromatic carbocycles. The summed E-state index contributed by atoms with van der Waals surface area (Å²) in [6, 6.07) is 1.98. The van der Waals surface area contributed by atoms with Crippen molar-refractivity contribution in [1.29, 1.82) is 0 Å². The van der Waals surface area contributed by atoms with Crippen molar-refractivity contribution in [2.45, 2.75) is 13.3 Å². The van der Waals surface area contributed by atoms with Gasteiger partial charge in [-0.2, -0.15) is 0 Å². The summed E-state index contributed by atoms with van der Waals surface area (Å²) < 4.78 is 0. The molecule has 0 heterocycles. The minimum absolute atomic E-state index is 0.270. The maximum atomic E-state index is 10.3. The van der Waals surface area contributed by atoms with Gasteiger partial charge in [-0.25, -0.2) is 0 Å². The molecule has 0 saturated carbocycles. The van der Waals surface area contributed by atoms with Crippen LogP contribution in [0.4, 0.5) is 17.1 Å². The average Bonchev–Trinajstić information content (AvgIpc) is 2.30. The van der Waals surface area contributed by atoms with Crippen LogP contribution in [0.5, 0.6) is 5.75 Å². The molecule has 0 spiro atoms. The van der Waals surface area contributed by atoms with Gasteiger partial charge in [0, 0.05) is 32.4 Å². The SMILES string of the molecule is C=C(C)Cc1c(NC)cc(NC)c(NC)c1O. The van der Waals surface area contributed by atoms with Gasteiger partial charge < -0.3 is 21.1 Å². The van der Waals surface area contributed by atoms with Gasteiger partial charge in [-0.15, -0.1) is 0 Å². The number of phenolic OH excluding ortho intramolecular Hbond substituents is 1. The Balaban J connectivity index is 3.40. The van der Waals surface area contributed by atoms with Crippen molar-refractivity contribution in [3.8, 4) is 5.75 Å². The van der Waals surface area contributed by atoms with Crippen LogP contribution in [-0.4, -0.2) is 26.2 Å². The van der Waals surface area contributed by atoms with Crippen molar-refractivity contribution in [3.63, 3.8) is 0 Å². The van der Waals surface area contributed by atoms with Crippen LogP contribution < -0.4 is 16.0 Å². The van der Waals surface area contributed by atoms with Crippen molar-refractivity contribution < 1.29 is 5.11 Å². The zero-order valence-electron chi connectivity index (χ0n) is 10.9. The second kappa shape index (κ2) is 5.48. The lowest BCUT2D eigenvalue weighted by Gasteiger charge is -2.18. The first-order valence-electron chi connectivity index (χ1n) is 5.61. The molecule has 0 aliphatic heterocycles. The predicted octanol–water partition coefficient (Wildman–Crippen LogP) is 2.64. The normalized spacial score (nSPS) is 9.88. The molecule has 0 unspecified atom stereocenters. The summed E-state index contributed by atoms with van der Waals surface area (Å²) in [5.74, 6) is 0.270. The number of benzene rings is 1. The van der Waals surface area contributed by atoms with Gasteiger partial charge in [-0.1, -0.05) is 12.2 Å². The van der Waals surface area contributed by atoms with Crippen LogP contribution in [0.1, 0.15) is 12.5 Å². The zero-order chi connectivity index (χ0) is 13.0. The molecular weight excluding hydrogens is 214 g/mol. The Labute approximate surface area is 103 Å². The van der Waals surface area contributed by atoms with Crippen molar-refractivity contribution >= 4 is 17.1 Å². The first-order chi connectivity index (χ1) is 8.04. The molecule has 17 heavy (non-hydrogen) atoms. The number of allylic oxidation sites excluding steroid dienone is 1. The van der Waals surface area contributed by atoms with Gasteiger partial charge in [-0.3, -0.25) is 0 Å². The first kappa shape index (κ1) is 13.2. The Morgan fingerprint density at radius 1 is 1.18 bits per heavy atom. The third-order valence-electron chi connectivity index (χ3n) is 2.67. The van der Waals surface area contributed by atoms with E-state index in [9.17, 15) is 5.11 Å². The minimum atomic E-state index is 0.270. The monoisotopic (exact) mass is 235 g/mol. The fourth-order valence-corrected chi connectivity index (χ4v) is 1.86. The highest BCUT2D eigenvalue weighted by Gasteiger charge is 2.15. The summed E-state index contributed by atoms with van der Waals surface area (Å²) in [6.45, 7) is 5.84. The highest BCUT2D eigenvalue weighted by atomic mass is 16.3. The fraction of sp³-hybridized carbons (Fsp3) is 0.385. The third kappa shape index (κ3) is 2.64. The van der Waals surface area contributed by atoms with E-state index in [-0.39, 0.29) is 5.75 Å². The summed E-state index contributed by atoms with van der Waals surface area (Å²) in [5.41, 5.74) is 4.36. The van der Waals surface area contributed by atoms with E-state index in [1.165, 1.54) is 0 Å². The molecular formula is C13H21N3O. The van der Waals surface area contributed by atoms with Gasteiger partial charge in [0.15, 0.2) is 0 Å². The van der Waals surface area contributed by atoms with Crippen LogP contribution >= 0.6 is 0 Å². The summed E-state index contributed by atoms with van der Waals surface area (Å²) in [6.07, 6.45) is 0.653. The van der Waals surface area contributed by atoms with E-state index in [1.54, 1.807) is 7.05 Å². The second-order valence-corrected chi connectivity index (χ2v) is 4.06. The van der Waals surface area contributed by atoms with E-state index in [1.807, 2.05) is 27.1 Å². The Morgan fingerprint density at radius 2 is 1.76 bits per heavy atom. The number of phenols is 1. The zero-order valence-corrected chi connectivity index (χ0v) is 10.9. The van der Waals surface area contributed by atoms with Gasteiger partial charge in [0.05, 0.1) is 5.69 Å². The molecule has 4 N–H and O–H groups in total. The van der Waals surface area contributed by atoms with E-state index in [0.717, 1.165) is 22.5 Å². The van der Waals surface area contributed by atoms with Crippen molar-refractivity contribution in [1.82, 2.24) is 0 Å². The van der Waals surface area contributed by atoms with Gasteiger partial charge >= 0.3 is 0 Å². The van der Waals surface area contributed by atoms with E-state index in [2.05, 4.69) is 22.5 Å². The molecule has 0 aromatic heterocycles. The van der Waals surface area contributed by atoms with Crippen LogP contribution in [-0.2, 0) is 6.42 Å². The summed E-state index contributed by atoms with van der Waals surface area (Å²) in [7, 11) is 5.46. The Bertz CT molecular complexity index is 427. The second-order valence-electron chi connectivity index (χ2n) is 4.06. The van der Waals surface area contributed by atoms with Crippen molar-refractivity contribution in [2.75, 3.05) is 37.1 Å². The standard InChI is InChI=1S/C13H21N3O/c1-8(2)6-9-10(14-3)7-11(15-4)12(16-5)13(9)17/h7,14-17H,1,6H2,2-5H3. The van der Waals surface area contributed by atoms with E-state index >= 15 is 0 Å². The quantitative estimate of drug-likeness (QED) is 0.468. The molecule has 0 fully saturated rings. The lowest BCUT2D eigenvalue weighted by Crippen LogP contribution is -2.03. The lowest BCUT2D eigenvalue weighted by molar-refractivity contribution is 0.472. The molecule has 0 atom stereocenters. The van der Waals surface area contributed by atoms with E-state index < -0.39 is 0 Å². The van der Waals surface area contributed by atoms with Crippen LogP contribution in [0.15, 0.2) is 18.2 Å². The number of hydrogen-bond acceptors (Lipinski definition) is 4. The largest absolute Gasteiger partial charge is 0.505 e. The number of aromatic hydroxyl groups is 1. The van der Waals surface area contributed by atoms with Crippen LogP contribution in [0.25, 0.3) is 0 Å². The molecule has 0 amide bonds. The Kier molecular flexibility index (Phi) is 4.26. The molecule has 94 valence electrons. The number of hydrogen-bond donors (Lipinski definition) is 4. The molecule has 0 radical (unpaired) electrons. The number of anilines is 3. The van der Waals surface area contributed by atoms with Gasteiger partial charge in [-0.05, 0) is 19.4 Å². The van der Waals surface area contributed by atoms with E-state index in [0.29, 0.717) is 12.1 Å². The lowest BCUT2D eigenvalue weighted by atomic mass is 10.0. The van der Waals surface area contributed by atoms with Gasteiger partial charge in [0.25, 0.3) is 0 Å². The molecule has 0 saturated heterocycles. The molecule has 4 heteroatoms. The molecule has 0 aliphatic carbocycles. The van der Waals surface area contributed by atoms with Crippen LogP contribution in [0.3, 0.4) is 0 Å². The summed E-state index contributed by atoms with van der Waals surface area (Å²) >= 11 is 0.